The van der Waals surface area contributed by atoms with E-state index in [2.05, 4.69) is 4.98 Å². The largest absolute Gasteiger partial charge is 0.432 e. The summed E-state index contributed by atoms with van der Waals surface area (Å²) in [6.07, 6.45) is -4.53. The third-order valence-corrected chi connectivity index (χ3v) is 2.44. The van der Waals surface area contributed by atoms with Crippen LogP contribution in [0.4, 0.5) is 13.2 Å². The van der Waals surface area contributed by atoms with Crippen LogP contribution in [0.3, 0.4) is 0 Å². The lowest BCUT2D eigenvalue weighted by Gasteiger charge is -2.02. The van der Waals surface area contributed by atoms with E-state index in [-0.39, 0.29) is 5.56 Å². The number of nitrogens with zero attached hydrogens (tertiary/aromatic N) is 1. The van der Waals surface area contributed by atoms with Crippen LogP contribution in [0.25, 0.3) is 10.9 Å². The number of alkyl halides is 3. The molecule has 0 atom stereocenters. The van der Waals surface area contributed by atoms with Gasteiger partial charge < -0.3 is 4.98 Å². The average Bonchev–Trinajstić information content (AvgIpc) is 2.57. The van der Waals surface area contributed by atoms with E-state index in [1.54, 1.807) is 25.1 Å². The Labute approximate surface area is 89.3 Å². The molecule has 0 saturated carbocycles. The van der Waals surface area contributed by atoms with Crippen LogP contribution in [0.2, 0.25) is 0 Å². The van der Waals surface area contributed by atoms with Crippen LogP contribution < -0.4 is 0 Å². The van der Waals surface area contributed by atoms with Gasteiger partial charge in [0.2, 0.25) is 0 Å². The molecule has 0 saturated heterocycles. The van der Waals surface area contributed by atoms with Crippen LogP contribution in [-0.4, -0.2) is 4.98 Å². The Bertz CT molecular complexity index is 588. The highest BCUT2D eigenvalue weighted by Gasteiger charge is 2.36. The van der Waals surface area contributed by atoms with Crippen molar-refractivity contribution in [3.05, 3.63) is 35.0 Å². The third-order valence-electron chi connectivity index (χ3n) is 2.44. The van der Waals surface area contributed by atoms with E-state index >= 15 is 0 Å². The number of halogens is 3. The van der Waals surface area contributed by atoms with Gasteiger partial charge in [-0.3, -0.25) is 0 Å². The summed E-state index contributed by atoms with van der Waals surface area (Å²) in [5.74, 6) is 0. The minimum atomic E-state index is -4.53. The number of hydrogen-bond acceptors (Lipinski definition) is 1. The molecule has 2 rings (SSSR count). The number of para-hydroxylation sites is 1. The fourth-order valence-electron chi connectivity index (χ4n) is 1.69. The number of aryl methyl sites for hydroxylation is 1. The standard InChI is InChI=1S/C11H7F3N2/c1-6-3-2-4-7-8(5-15)10(11(12,13)14)16-9(6)7/h2-4,16H,1H3. The summed E-state index contributed by atoms with van der Waals surface area (Å²) in [5.41, 5.74) is -0.263. The first-order valence-corrected chi connectivity index (χ1v) is 4.53. The Morgan fingerprint density at radius 1 is 1.31 bits per heavy atom. The zero-order chi connectivity index (χ0) is 11.9. The lowest BCUT2D eigenvalue weighted by Crippen LogP contribution is -2.07. The number of hydrogen-bond donors (Lipinski definition) is 1. The van der Waals surface area contributed by atoms with Gasteiger partial charge in [0.1, 0.15) is 11.8 Å². The van der Waals surface area contributed by atoms with Crippen LogP contribution in [0, 0.1) is 18.3 Å². The molecule has 82 valence electrons. The molecule has 16 heavy (non-hydrogen) atoms. The van der Waals surface area contributed by atoms with Crippen molar-refractivity contribution in [2.24, 2.45) is 0 Å². The second kappa shape index (κ2) is 3.27. The van der Waals surface area contributed by atoms with Crippen molar-refractivity contribution in [3.8, 4) is 6.07 Å². The maximum absolute atomic E-state index is 12.6. The predicted molar refractivity (Wildman–Crippen MR) is 52.8 cm³/mol. The summed E-state index contributed by atoms with van der Waals surface area (Å²) in [4.78, 5) is 2.28. The van der Waals surface area contributed by atoms with Gasteiger partial charge in [-0.1, -0.05) is 18.2 Å². The lowest BCUT2D eigenvalue weighted by molar-refractivity contribution is -0.140. The van der Waals surface area contributed by atoms with Crippen LogP contribution in [-0.2, 0) is 6.18 Å². The molecule has 1 aromatic carbocycles. The van der Waals surface area contributed by atoms with Crippen molar-refractivity contribution in [3.63, 3.8) is 0 Å². The van der Waals surface area contributed by atoms with Gasteiger partial charge in [0.25, 0.3) is 0 Å². The highest BCUT2D eigenvalue weighted by Crippen LogP contribution is 2.35. The van der Waals surface area contributed by atoms with E-state index in [1.807, 2.05) is 0 Å². The van der Waals surface area contributed by atoms with Crippen LogP contribution in [0.5, 0.6) is 0 Å². The average molecular weight is 224 g/mol. The minimum Gasteiger partial charge on any atom is -0.350 e. The van der Waals surface area contributed by atoms with Crippen molar-refractivity contribution >= 4 is 10.9 Å². The Morgan fingerprint density at radius 3 is 2.56 bits per heavy atom. The number of nitriles is 1. The number of benzene rings is 1. The van der Waals surface area contributed by atoms with Crippen LogP contribution in [0.1, 0.15) is 16.8 Å². The second-order valence-electron chi connectivity index (χ2n) is 3.48. The normalized spacial score (nSPS) is 11.7. The van der Waals surface area contributed by atoms with E-state index < -0.39 is 11.9 Å². The SMILES string of the molecule is Cc1cccc2c(C#N)c(C(F)(F)F)[nH]c12. The fraction of sp³-hybridized carbons (Fsp3) is 0.182. The topological polar surface area (TPSA) is 39.6 Å². The van der Waals surface area contributed by atoms with Gasteiger partial charge in [-0.2, -0.15) is 18.4 Å². The Kier molecular flexibility index (Phi) is 2.16. The van der Waals surface area contributed by atoms with Crippen LogP contribution >= 0.6 is 0 Å². The zero-order valence-electron chi connectivity index (χ0n) is 8.31. The van der Waals surface area contributed by atoms with Crippen molar-refractivity contribution < 1.29 is 13.2 Å². The molecule has 0 aliphatic heterocycles. The summed E-state index contributed by atoms with van der Waals surface area (Å²) >= 11 is 0. The summed E-state index contributed by atoms with van der Waals surface area (Å²) in [7, 11) is 0. The Hall–Kier alpha value is -1.96. The summed E-state index contributed by atoms with van der Waals surface area (Å²) < 4.78 is 37.9. The monoisotopic (exact) mass is 224 g/mol. The number of fused-ring (bicyclic) bond motifs is 1. The van der Waals surface area contributed by atoms with E-state index in [0.717, 1.165) is 0 Å². The number of nitrogens with one attached hydrogen (secondary N) is 1. The first-order chi connectivity index (χ1) is 7.45. The molecule has 1 aromatic heterocycles. The second-order valence-corrected chi connectivity index (χ2v) is 3.48. The molecule has 0 amide bonds. The summed E-state index contributed by atoms with van der Waals surface area (Å²) in [5, 5.41) is 9.10. The van der Waals surface area contributed by atoms with E-state index in [9.17, 15) is 13.2 Å². The molecular formula is C11H7F3N2. The predicted octanol–water partition coefficient (Wildman–Crippen LogP) is 3.37. The highest BCUT2D eigenvalue weighted by molar-refractivity contribution is 5.89. The summed E-state index contributed by atoms with van der Waals surface area (Å²) in [6.45, 7) is 1.69. The molecule has 0 bridgehead atoms. The van der Waals surface area contributed by atoms with E-state index in [0.29, 0.717) is 16.5 Å². The number of rotatable bonds is 0. The Balaban J connectivity index is 2.88. The van der Waals surface area contributed by atoms with E-state index in [4.69, 9.17) is 5.26 Å². The van der Waals surface area contributed by atoms with Gasteiger partial charge in [0, 0.05) is 5.39 Å². The number of aromatic nitrogens is 1. The van der Waals surface area contributed by atoms with Crippen molar-refractivity contribution in [1.29, 1.82) is 5.26 Å². The maximum Gasteiger partial charge on any atom is 0.432 e. The molecule has 0 radical (unpaired) electrons. The first kappa shape index (κ1) is 10.6. The molecular weight excluding hydrogens is 217 g/mol. The third kappa shape index (κ3) is 1.43. The number of aromatic amines is 1. The van der Waals surface area contributed by atoms with Gasteiger partial charge in [0.15, 0.2) is 0 Å². The minimum absolute atomic E-state index is 0.315. The van der Waals surface area contributed by atoms with Crippen LogP contribution in [0.15, 0.2) is 18.2 Å². The molecule has 1 heterocycles. The van der Waals surface area contributed by atoms with Gasteiger partial charge >= 0.3 is 6.18 Å². The molecule has 2 aromatic rings. The smallest absolute Gasteiger partial charge is 0.350 e. The van der Waals surface area contributed by atoms with Crippen molar-refractivity contribution in [1.82, 2.24) is 4.98 Å². The van der Waals surface area contributed by atoms with Gasteiger partial charge in [-0.05, 0) is 12.5 Å². The zero-order valence-corrected chi connectivity index (χ0v) is 8.31. The first-order valence-electron chi connectivity index (χ1n) is 4.53. The van der Waals surface area contributed by atoms with Crippen molar-refractivity contribution in [2.75, 3.05) is 0 Å². The molecule has 0 aliphatic rings. The number of H-pyrrole nitrogens is 1. The molecule has 0 unspecified atom stereocenters. The molecule has 5 heteroatoms. The Morgan fingerprint density at radius 2 is 2.00 bits per heavy atom. The van der Waals surface area contributed by atoms with Crippen molar-refractivity contribution in [2.45, 2.75) is 13.1 Å². The van der Waals surface area contributed by atoms with E-state index in [1.165, 1.54) is 6.07 Å². The molecule has 0 spiro atoms. The highest BCUT2D eigenvalue weighted by atomic mass is 19.4. The molecule has 0 fully saturated rings. The van der Waals surface area contributed by atoms with Gasteiger partial charge in [0.05, 0.1) is 11.1 Å². The van der Waals surface area contributed by atoms with Gasteiger partial charge in [-0.15, -0.1) is 0 Å². The molecule has 0 aliphatic carbocycles. The quantitative estimate of drug-likeness (QED) is 0.732. The lowest BCUT2D eigenvalue weighted by atomic mass is 10.1. The maximum atomic E-state index is 12.6. The van der Waals surface area contributed by atoms with Gasteiger partial charge in [-0.25, -0.2) is 0 Å². The molecule has 1 N–H and O–H groups in total. The summed E-state index contributed by atoms with van der Waals surface area (Å²) in [6, 6.07) is 6.43. The molecule has 2 nitrogen and oxygen atoms in total. The fourth-order valence-corrected chi connectivity index (χ4v) is 1.69.